The normalized spacial score (nSPS) is 14.1. The van der Waals surface area contributed by atoms with Crippen LogP contribution in [0, 0.1) is 0 Å². The highest BCUT2D eigenvalue weighted by Gasteiger charge is 2.32. The largest absolute Gasteiger partial charge is 0.494 e. The van der Waals surface area contributed by atoms with Crippen molar-refractivity contribution < 1.29 is 17.6 Å². The van der Waals surface area contributed by atoms with Gasteiger partial charge in [0.2, 0.25) is 26.6 Å². The van der Waals surface area contributed by atoms with E-state index < -0.39 is 9.84 Å². The molecule has 0 aliphatic heterocycles. The van der Waals surface area contributed by atoms with Crippen molar-refractivity contribution in [1.82, 2.24) is 4.98 Å². The second-order valence-electron chi connectivity index (χ2n) is 6.35. The third-order valence-corrected chi connectivity index (χ3v) is 5.91. The average Bonchev–Trinajstić information content (AvgIpc) is 3.39. The van der Waals surface area contributed by atoms with E-state index in [1.807, 2.05) is 19.1 Å². The molecule has 0 atom stereocenters. The van der Waals surface area contributed by atoms with Crippen molar-refractivity contribution in [1.29, 1.82) is 0 Å². The molecule has 6 nitrogen and oxygen atoms in total. The van der Waals surface area contributed by atoms with E-state index in [-0.39, 0.29) is 27.7 Å². The van der Waals surface area contributed by atoms with E-state index >= 15 is 0 Å². The third kappa shape index (κ3) is 3.68. The Morgan fingerprint density at radius 1 is 1.11 bits per heavy atom. The molecule has 140 valence electrons. The molecule has 1 aromatic heterocycles. The van der Waals surface area contributed by atoms with Crippen LogP contribution in [0.1, 0.15) is 19.8 Å². The second kappa shape index (κ2) is 7.08. The van der Waals surface area contributed by atoms with Gasteiger partial charge in [-0.05, 0) is 56.2 Å². The Bertz CT molecular complexity index is 1020. The molecular weight excluding hydrogens is 364 g/mol. The lowest BCUT2D eigenvalue weighted by Gasteiger charge is -2.04. The van der Waals surface area contributed by atoms with Crippen LogP contribution < -0.4 is 10.1 Å². The van der Waals surface area contributed by atoms with Crippen LogP contribution >= 0.6 is 0 Å². The Balaban J connectivity index is 1.74. The molecule has 0 amide bonds. The molecule has 27 heavy (non-hydrogen) atoms. The number of hydrogen-bond donors (Lipinski definition) is 1. The molecule has 1 N–H and O–H groups in total. The lowest BCUT2D eigenvalue weighted by Crippen LogP contribution is -2.08. The summed E-state index contributed by atoms with van der Waals surface area (Å²) in [6.45, 7) is 2.49. The zero-order valence-electron chi connectivity index (χ0n) is 14.9. The smallest absolute Gasteiger partial charge is 0.234 e. The van der Waals surface area contributed by atoms with Gasteiger partial charge >= 0.3 is 0 Å². The summed E-state index contributed by atoms with van der Waals surface area (Å²) in [7, 11) is -3.78. The molecule has 1 saturated carbocycles. The highest BCUT2D eigenvalue weighted by molar-refractivity contribution is 7.91. The molecule has 0 saturated heterocycles. The minimum Gasteiger partial charge on any atom is -0.494 e. The number of nitrogens with one attached hydrogen (secondary N) is 1. The summed E-state index contributed by atoms with van der Waals surface area (Å²) in [5.74, 6) is 1.20. The van der Waals surface area contributed by atoms with Crippen LogP contribution in [-0.4, -0.2) is 26.1 Å². The fraction of sp³-hybridized carbons (Fsp3) is 0.250. The van der Waals surface area contributed by atoms with Crippen molar-refractivity contribution in [2.75, 3.05) is 11.9 Å². The van der Waals surface area contributed by atoms with Gasteiger partial charge in [-0.25, -0.2) is 8.42 Å². The van der Waals surface area contributed by atoms with Crippen molar-refractivity contribution in [3.63, 3.8) is 0 Å². The topological polar surface area (TPSA) is 81.4 Å². The Kier molecular flexibility index (Phi) is 4.61. The van der Waals surface area contributed by atoms with Crippen molar-refractivity contribution >= 4 is 15.7 Å². The lowest BCUT2D eigenvalue weighted by atomic mass is 10.2. The number of aromatic nitrogens is 1. The van der Waals surface area contributed by atoms with Crippen molar-refractivity contribution in [3.05, 3.63) is 54.6 Å². The van der Waals surface area contributed by atoms with Crippen LogP contribution in [-0.2, 0) is 9.84 Å². The number of anilines is 1. The minimum absolute atomic E-state index is 0.0792. The number of nitrogens with zero attached hydrogens (tertiary/aromatic N) is 1. The lowest BCUT2D eigenvalue weighted by molar-refractivity contribution is 0.340. The number of hydrogen-bond acceptors (Lipinski definition) is 6. The number of benzene rings is 2. The molecule has 1 heterocycles. The zero-order chi connectivity index (χ0) is 18.9. The number of sulfone groups is 1. The Morgan fingerprint density at radius 3 is 2.44 bits per heavy atom. The number of rotatable bonds is 7. The van der Waals surface area contributed by atoms with E-state index in [0.717, 1.165) is 18.6 Å². The monoisotopic (exact) mass is 384 g/mol. The van der Waals surface area contributed by atoms with Crippen LogP contribution in [0.3, 0.4) is 0 Å². The summed E-state index contributed by atoms with van der Waals surface area (Å²) < 4.78 is 37.4. The second-order valence-corrected chi connectivity index (χ2v) is 8.21. The summed E-state index contributed by atoms with van der Waals surface area (Å²) in [5, 5.41) is 3.07. The van der Waals surface area contributed by atoms with E-state index in [9.17, 15) is 8.42 Å². The molecule has 1 aliphatic carbocycles. The Labute approximate surface area is 158 Å². The highest BCUT2D eigenvalue weighted by atomic mass is 32.2. The van der Waals surface area contributed by atoms with Gasteiger partial charge in [-0.3, -0.25) is 0 Å². The van der Waals surface area contributed by atoms with Crippen molar-refractivity contribution in [3.8, 4) is 17.2 Å². The van der Waals surface area contributed by atoms with Crippen LogP contribution in [0.4, 0.5) is 5.88 Å². The van der Waals surface area contributed by atoms with Crippen LogP contribution in [0.15, 0.2) is 68.9 Å². The standard InChI is InChI=1S/C20H20N2O4S/c1-2-25-16-12-8-14(9-13-16)18-22-20(19(26-18)21-15-10-11-15)27(23,24)17-6-4-3-5-7-17/h3-9,12-13,15,21H,2,10-11H2,1H3. The molecule has 0 radical (unpaired) electrons. The fourth-order valence-electron chi connectivity index (χ4n) is 2.69. The molecule has 3 aromatic rings. The summed E-state index contributed by atoms with van der Waals surface area (Å²) in [6.07, 6.45) is 1.98. The maximum atomic E-state index is 13.1. The van der Waals surface area contributed by atoms with E-state index in [1.165, 1.54) is 0 Å². The molecule has 0 spiro atoms. The Hall–Kier alpha value is -2.80. The molecule has 1 aliphatic rings. The van der Waals surface area contributed by atoms with Gasteiger partial charge in [0.15, 0.2) is 0 Å². The van der Waals surface area contributed by atoms with Gasteiger partial charge in [0, 0.05) is 11.6 Å². The summed E-state index contributed by atoms with van der Waals surface area (Å²) >= 11 is 0. The van der Waals surface area contributed by atoms with E-state index in [0.29, 0.717) is 12.2 Å². The van der Waals surface area contributed by atoms with Crippen LogP contribution in [0.25, 0.3) is 11.5 Å². The fourth-order valence-corrected chi connectivity index (χ4v) is 3.97. The van der Waals surface area contributed by atoms with E-state index in [4.69, 9.17) is 9.15 Å². The molecule has 7 heteroatoms. The molecule has 2 aromatic carbocycles. The van der Waals surface area contributed by atoms with Gasteiger partial charge in [-0.2, -0.15) is 4.98 Å². The van der Waals surface area contributed by atoms with Gasteiger partial charge < -0.3 is 14.5 Å². The quantitative estimate of drug-likeness (QED) is 0.659. The molecule has 4 rings (SSSR count). The first-order valence-electron chi connectivity index (χ1n) is 8.88. The van der Waals surface area contributed by atoms with Gasteiger partial charge in [0.25, 0.3) is 0 Å². The average molecular weight is 384 g/mol. The summed E-state index contributed by atoms with van der Waals surface area (Å²) in [6, 6.07) is 15.7. The molecule has 0 unspecified atom stereocenters. The minimum atomic E-state index is -3.78. The molecule has 1 fully saturated rings. The number of ether oxygens (including phenoxy) is 1. The van der Waals surface area contributed by atoms with Gasteiger partial charge in [0.05, 0.1) is 11.5 Å². The van der Waals surface area contributed by atoms with Gasteiger partial charge in [-0.1, -0.05) is 18.2 Å². The summed E-state index contributed by atoms with van der Waals surface area (Å²) in [5.41, 5.74) is 0.687. The maximum Gasteiger partial charge on any atom is 0.234 e. The predicted octanol–water partition coefficient (Wildman–Crippen LogP) is 4.15. The summed E-state index contributed by atoms with van der Waals surface area (Å²) in [4.78, 5) is 4.52. The Morgan fingerprint density at radius 2 is 1.81 bits per heavy atom. The highest BCUT2D eigenvalue weighted by Crippen LogP contribution is 2.35. The predicted molar refractivity (Wildman–Crippen MR) is 102 cm³/mol. The SMILES string of the molecule is CCOc1ccc(-c2nc(S(=O)(=O)c3ccccc3)c(NC3CC3)o2)cc1. The van der Waals surface area contributed by atoms with Crippen LogP contribution in [0.2, 0.25) is 0 Å². The van der Waals surface area contributed by atoms with Crippen LogP contribution in [0.5, 0.6) is 5.75 Å². The third-order valence-electron chi connectivity index (χ3n) is 4.23. The first-order chi connectivity index (χ1) is 13.1. The van der Waals surface area contributed by atoms with E-state index in [2.05, 4.69) is 10.3 Å². The molecular formula is C20H20N2O4S. The van der Waals surface area contributed by atoms with E-state index in [1.54, 1.807) is 42.5 Å². The first kappa shape index (κ1) is 17.6. The first-order valence-corrected chi connectivity index (χ1v) is 10.4. The maximum absolute atomic E-state index is 13.1. The molecule has 0 bridgehead atoms. The van der Waals surface area contributed by atoms with Crippen molar-refractivity contribution in [2.45, 2.75) is 35.7 Å². The number of oxazole rings is 1. The zero-order valence-corrected chi connectivity index (χ0v) is 15.7. The van der Waals surface area contributed by atoms with Gasteiger partial charge in [-0.15, -0.1) is 0 Å². The van der Waals surface area contributed by atoms with Crippen molar-refractivity contribution in [2.24, 2.45) is 0 Å². The van der Waals surface area contributed by atoms with Gasteiger partial charge in [0.1, 0.15) is 5.75 Å².